The summed E-state index contributed by atoms with van der Waals surface area (Å²) < 4.78 is 0. The van der Waals surface area contributed by atoms with Crippen LogP contribution in [0.2, 0.25) is 0 Å². The van der Waals surface area contributed by atoms with Crippen LogP contribution in [0.4, 0.5) is 0 Å². The summed E-state index contributed by atoms with van der Waals surface area (Å²) in [5.41, 5.74) is 12.8. The molecule has 0 amide bonds. The Kier molecular flexibility index (Phi) is 7.52. The highest BCUT2D eigenvalue weighted by molar-refractivity contribution is 6.22. The Morgan fingerprint density at radius 1 is 0.333 bits per heavy atom. The van der Waals surface area contributed by atoms with Crippen LogP contribution in [0, 0.1) is 0 Å². The van der Waals surface area contributed by atoms with E-state index in [0.717, 1.165) is 27.8 Å². The smallest absolute Gasteiger partial charge is 0.164 e. The van der Waals surface area contributed by atoms with Gasteiger partial charge in [0.05, 0.1) is 0 Å². The van der Waals surface area contributed by atoms with E-state index in [2.05, 4.69) is 184 Å². The number of nitrogens with zero attached hydrogens (tertiary/aromatic N) is 3. The summed E-state index contributed by atoms with van der Waals surface area (Å²) in [5.74, 6) is 1.93. The van der Waals surface area contributed by atoms with Gasteiger partial charge in [-0.3, -0.25) is 0 Å². The zero-order valence-corrected chi connectivity index (χ0v) is 31.7. The molecule has 0 N–H and O–H groups in total. The van der Waals surface area contributed by atoms with Crippen LogP contribution in [0.1, 0.15) is 25.0 Å². The third-order valence-corrected chi connectivity index (χ3v) is 11.9. The fourth-order valence-electron chi connectivity index (χ4n) is 9.00. The Hall–Kier alpha value is -7.23. The van der Waals surface area contributed by atoms with E-state index in [9.17, 15) is 0 Å². The number of hydrogen-bond donors (Lipinski definition) is 0. The van der Waals surface area contributed by atoms with E-state index in [-0.39, 0.29) is 5.41 Å². The van der Waals surface area contributed by atoms with E-state index < -0.39 is 0 Å². The van der Waals surface area contributed by atoms with Crippen LogP contribution in [-0.2, 0) is 5.41 Å². The van der Waals surface area contributed by atoms with Crippen LogP contribution in [0.15, 0.2) is 188 Å². The predicted molar refractivity (Wildman–Crippen MR) is 237 cm³/mol. The topological polar surface area (TPSA) is 38.7 Å². The van der Waals surface area contributed by atoms with E-state index in [1.807, 2.05) is 18.2 Å². The first-order valence-electron chi connectivity index (χ1n) is 19.6. The van der Waals surface area contributed by atoms with E-state index in [1.165, 1.54) is 65.7 Å². The minimum absolute atomic E-state index is 0.0721. The Balaban J connectivity index is 1.02. The number of fused-ring (bicyclic) bond motifs is 7. The molecule has 1 aliphatic carbocycles. The maximum absolute atomic E-state index is 5.16. The van der Waals surface area contributed by atoms with Gasteiger partial charge in [0.15, 0.2) is 17.5 Å². The number of hydrogen-bond acceptors (Lipinski definition) is 3. The molecule has 0 fully saturated rings. The molecule has 0 bridgehead atoms. The summed E-state index contributed by atoms with van der Waals surface area (Å²) in [6, 6.07) is 67.4. The van der Waals surface area contributed by atoms with Gasteiger partial charge in [-0.25, -0.2) is 15.0 Å². The van der Waals surface area contributed by atoms with Crippen molar-refractivity contribution in [1.29, 1.82) is 0 Å². The average Bonchev–Trinajstić information content (AvgIpc) is 3.51. The SMILES string of the molecule is CC1(C)c2ccccc2-c2ccc(-c3cccc(-c4nc(-c5ccccc5)nc(-c5ccc(-c6c7ccccc7cc7ccc8ccccc8c67)cc5)n4)c3)cc21. The number of benzene rings is 9. The molecule has 268 valence electrons. The van der Waals surface area contributed by atoms with E-state index in [0.29, 0.717) is 17.5 Å². The fourth-order valence-corrected chi connectivity index (χ4v) is 9.00. The molecular weight excluding hydrogens is 691 g/mol. The first-order valence-corrected chi connectivity index (χ1v) is 19.6. The van der Waals surface area contributed by atoms with Crippen LogP contribution < -0.4 is 0 Å². The summed E-state index contributed by atoms with van der Waals surface area (Å²) in [6.45, 7) is 4.65. The Bertz CT molecular complexity index is 3200. The van der Waals surface area contributed by atoms with Gasteiger partial charge in [-0.15, -0.1) is 0 Å². The first-order chi connectivity index (χ1) is 28.0. The van der Waals surface area contributed by atoms with Crippen LogP contribution in [-0.4, -0.2) is 15.0 Å². The van der Waals surface area contributed by atoms with Crippen LogP contribution >= 0.6 is 0 Å². The molecule has 0 aliphatic heterocycles. The fraction of sp³-hybridized carbons (Fsp3) is 0.0556. The van der Waals surface area contributed by atoms with Crippen molar-refractivity contribution in [3.05, 3.63) is 199 Å². The highest BCUT2D eigenvalue weighted by Crippen LogP contribution is 2.49. The maximum Gasteiger partial charge on any atom is 0.164 e. The molecular formula is C54H37N3. The van der Waals surface area contributed by atoms with Gasteiger partial charge in [0.25, 0.3) is 0 Å². The largest absolute Gasteiger partial charge is 0.208 e. The Labute approximate surface area is 332 Å². The van der Waals surface area contributed by atoms with Crippen LogP contribution in [0.25, 0.3) is 99.9 Å². The molecule has 3 heteroatoms. The molecule has 3 nitrogen and oxygen atoms in total. The maximum atomic E-state index is 5.16. The molecule has 9 aromatic carbocycles. The van der Waals surface area contributed by atoms with Crippen molar-refractivity contribution < 1.29 is 0 Å². The molecule has 10 aromatic rings. The number of aromatic nitrogens is 3. The molecule has 1 aliphatic rings. The van der Waals surface area contributed by atoms with E-state index in [1.54, 1.807) is 0 Å². The average molecular weight is 728 g/mol. The van der Waals surface area contributed by atoms with Gasteiger partial charge in [-0.2, -0.15) is 0 Å². The normalized spacial score (nSPS) is 12.9. The molecule has 0 atom stereocenters. The minimum atomic E-state index is -0.0721. The molecule has 0 saturated heterocycles. The summed E-state index contributed by atoms with van der Waals surface area (Å²) in [6.07, 6.45) is 0. The third kappa shape index (κ3) is 5.46. The lowest BCUT2D eigenvalue weighted by atomic mass is 9.81. The molecule has 57 heavy (non-hydrogen) atoms. The van der Waals surface area contributed by atoms with Gasteiger partial charge in [-0.1, -0.05) is 184 Å². The zero-order chi connectivity index (χ0) is 38.1. The van der Waals surface area contributed by atoms with Crippen molar-refractivity contribution >= 4 is 32.3 Å². The highest BCUT2D eigenvalue weighted by Gasteiger charge is 2.35. The Morgan fingerprint density at radius 3 is 1.68 bits per heavy atom. The molecule has 11 rings (SSSR count). The highest BCUT2D eigenvalue weighted by atomic mass is 15.0. The second-order valence-electron chi connectivity index (χ2n) is 15.6. The quantitative estimate of drug-likeness (QED) is 0.131. The van der Waals surface area contributed by atoms with Crippen molar-refractivity contribution in [3.8, 4) is 67.5 Å². The summed E-state index contributed by atoms with van der Waals surface area (Å²) in [5, 5.41) is 7.45. The van der Waals surface area contributed by atoms with Gasteiger partial charge in [0.1, 0.15) is 0 Å². The Morgan fingerprint density at radius 2 is 0.877 bits per heavy atom. The lowest BCUT2D eigenvalue weighted by molar-refractivity contribution is 0.660. The molecule has 1 heterocycles. The summed E-state index contributed by atoms with van der Waals surface area (Å²) >= 11 is 0. The molecule has 1 aromatic heterocycles. The van der Waals surface area contributed by atoms with Crippen molar-refractivity contribution in [2.75, 3.05) is 0 Å². The summed E-state index contributed by atoms with van der Waals surface area (Å²) in [7, 11) is 0. The molecule has 0 saturated carbocycles. The predicted octanol–water partition coefficient (Wildman–Crippen LogP) is 14.0. The van der Waals surface area contributed by atoms with Crippen molar-refractivity contribution in [3.63, 3.8) is 0 Å². The zero-order valence-electron chi connectivity index (χ0n) is 31.7. The van der Waals surface area contributed by atoms with Gasteiger partial charge in [0.2, 0.25) is 0 Å². The standard InChI is InChI=1S/C54H37N3/c1-54(2)47-22-11-10-21-45(47)46-30-29-39(33-48(46)54)38-17-12-18-42(31-38)53-56-51(36-14-4-3-5-15-36)55-52(57-53)37-26-24-35(25-27-37)49-44-20-9-7-16-40(44)32-41-28-23-34-13-6-8-19-43(34)50(41)49/h3-33H,1-2H3. The lowest BCUT2D eigenvalue weighted by Crippen LogP contribution is -2.14. The molecule has 0 spiro atoms. The van der Waals surface area contributed by atoms with Crippen molar-refractivity contribution in [1.82, 2.24) is 15.0 Å². The minimum Gasteiger partial charge on any atom is -0.208 e. The first kappa shape index (κ1) is 33.1. The molecule has 0 unspecified atom stereocenters. The van der Waals surface area contributed by atoms with Gasteiger partial charge in [0, 0.05) is 22.1 Å². The van der Waals surface area contributed by atoms with Crippen molar-refractivity contribution in [2.24, 2.45) is 0 Å². The second kappa shape index (κ2) is 12.9. The number of rotatable bonds is 5. The van der Waals surface area contributed by atoms with Crippen LogP contribution in [0.3, 0.4) is 0 Å². The lowest BCUT2D eigenvalue weighted by Gasteiger charge is -2.22. The third-order valence-electron chi connectivity index (χ3n) is 11.9. The van der Waals surface area contributed by atoms with E-state index >= 15 is 0 Å². The van der Waals surface area contributed by atoms with E-state index in [4.69, 9.17) is 15.0 Å². The van der Waals surface area contributed by atoms with Gasteiger partial charge >= 0.3 is 0 Å². The van der Waals surface area contributed by atoms with Crippen molar-refractivity contribution in [2.45, 2.75) is 19.3 Å². The van der Waals surface area contributed by atoms with Gasteiger partial charge < -0.3 is 0 Å². The van der Waals surface area contributed by atoms with Crippen LogP contribution in [0.5, 0.6) is 0 Å². The second-order valence-corrected chi connectivity index (χ2v) is 15.6. The van der Waals surface area contributed by atoms with Gasteiger partial charge in [-0.05, 0) is 95.0 Å². The monoisotopic (exact) mass is 727 g/mol. The molecule has 0 radical (unpaired) electrons. The summed E-state index contributed by atoms with van der Waals surface area (Å²) in [4.78, 5) is 15.3.